The molecule has 1 saturated heterocycles. The van der Waals surface area contributed by atoms with E-state index in [0.717, 1.165) is 6.92 Å². The average Bonchev–Trinajstić information content (AvgIpc) is 2.62. The summed E-state index contributed by atoms with van der Waals surface area (Å²) in [5.41, 5.74) is -5.24. The number of piperidine rings is 1. The van der Waals surface area contributed by atoms with Gasteiger partial charge in [-0.1, -0.05) is 6.92 Å². The normalized spacial score (nSPS) is 27.5. The summed E-state index contributed by atoms with van der Waals surface area (Å²) in [5.74, 6) is -8.86. The first-order valence-electron chi connectivity index (χ1n) is 9.41. The van der Waals surface area contributed by atoms with Gasteiger partial charge in [-0.15, -0.1) is 0 Å². The third kappa shape index (κ3) is 6.34. The molecule has 0 aromatic carbocycles. The molecule has 1 heterocycles. The fourth-order valence-electron chi connectivity index (χ4n) is 3.56. The molecular formula is C17H21F14NO. The van der Waals surface area contributed by atoms with E-state index >= 15 is 4.39 Å². The first-order chi connectivity index (χ1) is 14.5. The predicted molar refractivity (Wildman–Crippen MR) is 85.6 cm³/mol. The highest BCUT2D eigenvalue weighted by Gasteiger charge is 2.69. The van der Waals surface area contributed by atoms with Gasteiger partial charge < -0.3 is 4.74 Å². The number of hydrogen-bond acceptors (Lipinski definition) is 2. The molecule has 0 aliphatic carbocycles. The van der Waals surface area contributed by atoms with Gasteiger partial charge in [-0.05, 0) is 26.2 Å². The summed E-state index contributed by atoms with van der Waals surface area (Å²) < 4.78 is 191. The van der Waals surface area contributed by atoms with Crippen LogP contribution >= 0.6 is 0 Å². The van der Waals surface area contributed by atoms with Crippen molar-refractivity contribution < 1.29 is 66.2 Å². The molecule has 0 N–H and O–H groups in total. The predicted octanol–water partition coefficient (Wildman–Crippen LogP) is 6.40. The Morgan fingerprint density at radius 2 is 1.27 bits per heavy atom. The Morgan fingerprint density at radius 1 is 0.788 bits per heavy atom. The largest absolute Gasteiger partial charge is 0.429 e. The molecular weight excluding hydrogens is 500 g/mol. The van der Waals surface area contributed by atoms with Gasteiger partial charge in [0.1, 0.15) is 12.2 Å². The van der Waals surface area contributed by atoms with Crippen LogP contribution in [0.1, 0.15) is 27.2 Å². The van der Waals surface area contributed by atoms with E-state index < -0.39 is 86.1 Å². The standard InChI is InChI=1S/C17H21F14NO/c1-7-4-10(15(23,24)25)6-32(5-7)12(19)13(20,17(29,30)31)8(2)33-9(3)14(21,22)11(18)16(26,27)28/h7-12H,4-6H2,1-3H3. The molecule has 1 rings (SSSR count). The van der Waals surface area contributed by atoms with Gasteiger partial charge in [-0.25, -0.2) is 22.0 Å². The Kier molecular flexibility index (Phi) is 8.66. The van der Waals surface area contributed by atoms with Crippen LogP contribution < -0.4 is 0 Å². The van der Waals surface area contributed by atoms with Crippen LogP contribution in [0.5, 0.6) is 0 Å². The molecule has 0 aromatic heterocycles. The lowest BCUT2D eigenvalue weighted by Crippen LogP contribution is -2.65. The summed E-state index contributed by atoms with van der Waals surface area (Å²) in [6, 6.07) is 0. The van der Waals surface area contributed by atoms with E-state index in [0.29, 0.717) is 0 Å². The summed E-state index contributed by atoms with van der Waals surface area (Å²) >= 11 is 0. The number of nitrogens with zero attached hydrogens (tertiary/aromatic N) is 1. The summed E-state index contributed by atoms with van der Waals surface area (Å²) in [5, 5.41) is 0. The number of alkyl halides is 14. The van der Waals surface area contributed by atoms with Gasteiger partial charge in [0.15, 0.2) is 6.30 Å². The molecule has 7 unspecified atom stereocenters. The molecule has 7 atom stereocenters. The van der Waals surface area contributed by atoms with E-state index in [1.54, 1.807) is 0 Å². The zero-order chi connectivity index (χ0) is 26.4. The second-order valence-electron chi connectivity index (χ2n) is 8.13. The van der Waals surface area contributed by atoms with Crippen molar-refractivity contribution in [1.82, 2.24) is 4.90 Å². The van der Waals surface area contributed by atoms with Crippen LogP contribution in [-0.4, -0.2) is 72.8 Å². The van der Waals surface area contributed by atoms with Gasteiger partial charge in [0, 0.05) is 13.1 Å². The molecule has 198 valence electrons. The van der Waals surface area contributed by atoms with E-state index in [9.17, 15) is 57.1 Å². The zero-order valence-electron chi connectivity index (χ0n) is 17.2. The first-order valence-corrected chi connectivity index (χ1v) is 9.41. The maximum absolute atomic E-state index is 15.1. The third-order valence-corrected chi connectivity index (χ3v) is 5.42. The van der Waals surface area contributed by atoms with Crippen molar-refractivity contribution in [3.8, 4) is 0 Å². The van der Waals surface area contributed by atoms with Gasteiger partial charge in [-0.2, -0.15) is 39.5 Å². The van der Waals surface area contributed by atoms with Gasteiger partial charge in [0.2, 0.25) is 0 Å². The van der Waals surface area contributed by atoms with Crippen molar-refractivity contribution in [1.29, 1.82) is 0 Å². The van der Waals surface area contributed by atoms with Crippen LogP contribution in [0, 0.1) is 11.8 Å². The number of hydrogen-bond donors (Lipinski definition) is 0. The highest BCUT2D eigenvalue weighted by atomic mass is 19.4. The number of rotatable bonds is 7. The molecule has 0 amide bonds. The number of ether oxygens (including phenoxy) is 1. The van der Waals surface area contributed by atoms with Gasteiger partial charge >= 0.3 is 24.5 Å². The van der Waals surface area contributed by atoms with Crippen molar-refractivity contribution >= 4 is 0 Å². The Balaban J connectivity index is 3.24. The molecule has 1 fully saturated rings. The summed E-state index contributed by atoms with van der Waals surface area (Å²) in [7, 11) is 0. The Labute approximate surface area is 179 Å². The SMILES string of the molecule is CC1CC(C(F)(F)F)CN(C(F)C(F)(C(C)OC(C)C(F)(F)C(F)C(F)(F)F)C(F)(F)F)C1. The lowest BCUT2D eigenvalue weighted by atomic mass is 9.87. The van der Waals surface area contributed by atoms with Crippen LogP contribution in [0.2, 0.25) is 0 Å². The van der Waals surface area contributed by atoms with Crippen molar-refractivity contribution in [3.63, 3.8) is 0 Å². The summed E-state index contributed by atoms with van der Waals surface area (Å²) in [4.78, 5) is -0.115. The lowest BCUT2D eigenvalue weighted by molar-refractivity contribution is -0.325. The Hall–Kier alpha value is -1.06. The maximum atomic E-state index is 15.1. The van der Waals surface area contributed by atoms with Crippen LogP contribution in [0.25, 0.3) is 0 Å². The Bertz CT molecular complexity index is 647. The third-order valence-electron chi connectivity index (χ3n) is 5.42. The number of halogens is 14. The summed E-state index contributed by atoms with van der Waals surface area (Å²) in [6.45, 7) is -0.958. The smallest absolute Gasteiger partial charge is 0.365 e. The molecule has 1 aliphatic rings. The van der Waals surface area contributed by atoms with Crippen molar-refractivity contribution in [2.75, 3.05) is 13.1 Å². The molecule has 1 aliphatic heterocycles. The number of likely N-dealkylation sites (tertiary alicyclic amines) is 1. The Morgan fingerprint density at radius 3 is 1.67 bits per heavy atom. The topological polar surface area (TPSA) is 12.5 Å². The lowest BCUT2D eigenvalue weighted by Gasteiger charge is -2.45. The van der Waals surface area contributed by atoms with E-state index in [-0.39, 0.29) is 18.7 Å². The van der Waals surface area contributed by atoms with Crippen LogP contribution in [0.4, 0.5) is 61.5 Å². The average molecular weight is 521 g/mol. The van der Waals surface area contributed by atoms with Gasteiger partial charge in [-0.3, -0.25) is 4.90 Å². The molecule has 0 aromatic rings. The molecule has 2 nitrogen and oxygen atoms in total. The second kappa shape index (κ2) is 9.53. The zero-order valence-corrected chi connectivity index (χ0v) is 17.2. The molecule has 0 bridgehead atoms. The fourth-order valence-corrected chi connectivity index (χ4v) is 3.56. The molecule has 0 radical (unpaired) electrons. The monoisotopic (exact) mass is 521 g/mol. The minimum atomic E-state index is -6.26. The van der Waals surface area contributed by atoms with Gasteiger partial charge in [0.25, 0.3) is 11.8 Å². The van der Waals surface area contributed by atoms with E-state index in [4.69, 9.17) is 0 Å². The van der Waals surface area contributed by atoms with E-state index in [1.165, 1.54) is 0 Å². The van der Waals surface area contributed by atoms with Crippen LogP contribution in [0.3, 0.4) is 0 Å². The van der Waals surface area contributed by atoms with E-state index in [1.807, 2.05) is 0 Å². The quantitative estimate of drug-likeness (QED) is 0.284. The van der Waals surface area contributed by atoms with E-state index in [2.05, 4.69) is 4.74 Å². The summed E-state index contributed by atoms with van der Waals surface area (Å²) in [6.07, 6.45) is -33.4. The minimum absolute atomic E-state index is 0.0154. The molecule has 33 heavy (non-hydrogen) atoms. The molecule has 0 spiro atoms. The van der Waals surface area contributed by atoms with Gasteiger partial charge in [0.05, 0.1) is 5.92 Å². The minimum Gasteiger partial charge on any atom is -0.365 e. The second-order valence-corrected chi connectivity index (χ2v) is 8.13. The highest BCUT2D eigenvalue weighted by Crippen LogP contribution is 2.47. The van der Waals surface area contributed by atoms with Crippen molar-refractivity contribution in [2.45, 2.75) is 82.0 Å². The van der Waals surface area contributed by atoms with Crippen LogP contribution in [-0.2, 0) is 4.74 Å². The van der Waals surface area contributed by atoms with Crippen LogP contribution in [0.15, 0.2) is 0 Å². The van der Waals surface area contributed by atoms with Crippen molar-refractivity contribution in [2.24, 2.45) is 11.8 Å². The fraction of sp³-hybridized carbons (Fsp3) is 1.00. The maximum Gasteiger partial charge on any atom is 0.429 e. The highest BCUT2D eigenvalue weighted by molar-refractivity contribution is 5.02. The molecule has 0 saturated carbocycles. The van der Waals surface area contributed by atoms with Crippen molar-refractivity contribution in [3.05, 3.63) is 0 Å². The first kappa shape index (κ1) is 30.0. The molecule has 16 heteroatoms.